The first-order valence-corrected chi connectivity index (χ1v) is 13.8. The van der Waals surface area contributed by atoms with E-state index in [0.717, 1.165) is 5.56 Å². The molecule has 1 saturated heterocycles. The average molecular weight is 530 g/mol. The number of fused-ring (bicyclic) bond motifs is 1. The van der Waals surface area contributed by atoms with Gasteiger partial charge in [0.2, 0.25) is 10.0 Å². The van der Waals surface area contributed by atoms with Gasteiger partial charge in [-0.1, -0.05) is 42.5 Å². The minimum absolute atomic E-state index is 0.139. The molecule has 194 valence electrons. The number of benzene rings is 3. The lowest BCUT2D eigenvalue weighted by molar-refractivity contribution is 0.0704. The van der Waals surface area contributed by atoms with E-state index in [9.17, 15) is 18.0 Å². The summed E-state index contributed by atoms with van der Waals surface area (Å²) < 4.78 is 29.7. The SMILES string of the molecule is Cc1ccccc1C(=O)Nc1ccc(S(=O)(=O)NC2CCN(C(=O)c3cnccn3)CC2)c2ccccc12. The number of nitrogens with one attached hydrogen (secondary N) is 2. The van der Waals surface area contributed by atoms with Crippen molar-refractivity contribution in [2.24, 2.45) is 0 Å². The zero-order valence-corrected chi connectivity index (χ0v) is 21.6. The quantitative estimate of drug-likeness (QED) is 0.392. The van der Waals surface area contributed by atoms with Crippen molar-refractivity contribution in [3.63, 3.8) is 0 Å². The van der Waals surface area contributed by atoms with Gasteiger partial charge in [0.1, 0.15) is 5.69 Å². The molecule has 0 radical (unpaired) electrons. The third-order valence-electron chi connectivity index (χ3n) is 6.70. The second-order valence-corrected chi connectivity index (χ2v) is 10.9. The average Bonchev–Trinajstić information content (AvgIpc) is 2.93. The molecule has 2 heterocycles. The number of rotatable bonds is 6. The summed E-state index contributed by atoms with van der Waals surface area (Å²) in [5.74, 6) is -0.474. The Kier molecular flexibility index (Phi) is 7.17. The van der Waals surface area contributed by atoms with Gasteiger partial charge in [-0.05, 0) is 43.5 Å². The molecular formula is C28H27N5O4S. The molecule has 1 aliphatic rings. The zero-order valence-electron chi connectivity index (χ0n) is 20.8. The fraction of sp³-hybridized carbons (Fsp3) is 0.214. The number of aromatic nitrogens is 2. The second-order valence-electron chi connectivity index (χ2n) is 9.20. The van der Waals surface area contributed by atoms with E-state index in [1.54, 1.807) is 47.4 Å². The van der Waals surface area contributed by atoms with Crippen LogP contribution >= 0.6 is 0 Å². The van der Waals surface area contributed by atoms with Crippen LogP contribution < -0.4 is 10.0 Å². The van der Waals surface area contributed by atoms with Gasteiger partial charge >= 0.3 is 0 Å². The fourth-order valence-electron chi connectivity index (χ4n) is 4.69. The summed E-state index contributed by atoms with van der Waals surface area (Å²) in [4.78, 5) is 35.3. The summed E-state index contributed by atoms with van der Waals surface area (Å²) >= 11 is 0. The highest BCUT2D eigenvalue weighted by Crippen LogP contribution is 2.30. The Balaban J connectivity index is 1.32. The van der Waals surface area contributed by atoms with Crippen molar-refractivity contribution < 1.29 is 18.0 Å². The van der Waals surface area contributed by atoms with Gasteiger partial charge in [-0.2, -0.15) is 0 Å². The minimum atomic E-state index is -3.87. The summed E-state index contributed by atoms with van der Waals surface area (Å²) in [6, 6.07) is 17.2. The predicted octanol–water partition coefficient (Wildman–Crippen LogP) is 3.77. The maximum absolute atomic E-state index is 13.5. The third-order valence-corrected chi connectivity index (χ3v) is 8.28. The Morgan fingerprint density at radius 2 is 1.63 bits per heavy atom. The number of nitrogens with zero attached hydrogens (tertiary/aromatic N) is 3. The molecule has 0 unspecified atom stereocenters. The molecule has 2 amide bonds. The van der Waals surface area contributed by atoms with E-state index < -0.39 is 10.0 Å². The van der Waals surface area contributed by atoms with Crippen molar-refractivity contribution in [2.45, 2.75) is 30.7 Å². The smallest absolute Gasteiger partial charge is 0.274 e. The van der Waals surface area contributed by atoms with Gasteiger partial charge in [0.25, 0.3) is 11.8 Å². The van der Waals surface area contributed by atoms with Crippen LogP contribution in [-0.4, -0.2) is 54.2 Å². The topological polar surface area (TPSA) is 121 Å². The number of carbonyl (C=O) groups excluding carboxylic acids is 2. The lowest BCUT2D eigenvalue weighted by Crippen LogP contribution is -2.46. The molecule has 0 spiro atoms. The van der Waals surface area contributed by atoms with Gasteiger partial charge in [0.15, 0.2) is 0 Å². The van der Waals surface area contributed by atoms with Crippen molar-refractivity contribution in [2.75, 3.05) is 18.4 Å². The van der Waals surface area contributed by atoms with E-state index in [2.05, 4.69) is 20.0 Å². The number of anilines is 1. The van der Waals surface area contributed by atoms with Gasteiger partial charge in [0, 0.05) is 53.5 Å². The highest BCUT2D eigenvalue weighted by Gasteiger charge is 2.29. The zero-order chi connectivity index (χ0) is 26.7. The van der Waals surface area contributed by atoms with Crippen LogP contribution in [0.25, 0.3) is 10.8 Å². The molecule has 9 nitrogen and oxygen atoms in total. The molecule has 1 fully saturated rings. The molecule has 1 aliphatic heterocycles. The van der Waals surface area contributed by atoms with E-state index >= 15 is 0 Å². The van der Waals surface area contributed by atoms with Gasteiger partial charge in [-0.3, -0.25) is 14.6 Å². The number of aryl methyl sites for hydroxylation is 1. The Bertz CT molecular complexity index is 1600. The van der Waals surface area contributed by atoms with Crippen LogP contribution in [-0.2, 0) is 10.0 Å². The van der Waals surface area contributed by atoms with Crippen LogP contribution in [0.3, 0.4) is 0 Å². The van der Waals surface area contributed by atoms with Crippen molar-refractivity contribution >= 4 is 38.3 Å². The Labute approximate surface area is 221 Å². The van der Waals surface area contributed by atoms with E-state index in [1.807, 2.05) is 19.1 Å². The summed E-state index contributed by atoms with van der Waals surface area (Å²) in [5, 5.41) is 4.07. The Morgan fingerprint density at radius 1 is 0.921 bits per heavy atom. The molecule has 0 bridgehead atoms. The highest BCUT2D eigenvalue weighted by atomic mass is 32.2. The largest absolute Gasteiger partial charge is 0.337 e. The van der Waals surface area contributed by atoms with Crippen LogP contribution in [0, 0.1) is 6.92 Å². The maximum atomic E-state index is 13.5. The first-order chi connectivity index (χ1) is 18.3. The summed E-state index contributed by atoms with van der Waals surface area (Å²) in [6.45, 7) is 2.69. The van der Waals surface area contributed by atoms with Gasteiger partial charge < -0.3 is 10.2 Å². The van der Waals surface area contributed by atoms with Crippen LogP contribution in [0.4, 0.5) is 5.69 Å². The lowest BCUT2D eigenvalue weighted by atomic mass is 10.1. The van der Waals surface area contributed by atoms with Crippen molar-refractivity contribution in [1.82, 2.24) is 19.6 Å². The van der Waals surface area contributed by atoms with Crippen LogP contribution in [0.15, 0.2) is 84.1 Å². The highest BCUT2D eigenvalue weighted by molar-refractivity contribution is 7.89. The lowest BCUT2D eigenvalue weighted by Gasteiger charge is -2.32. The van der Waals surface area contributed by atoms with Crippen molar-refractivity contribution in [3.8, 4) is 0 Å². The normalized spacial score (nSPS) is 14.4. The Morgan fingerprint density at radius 3 is 2.34 bits per heavy atom. The van der Waals surface area contributed by atoms with E-state index in [-0.39, 0.29) is 28.4 Å². The monoisotopic (exact) mass is 529 g/mol. The third kappa shape index (κ3) is 5.27. The van der Waals surface area contributed by atoms with Crippen LogP contribution in [0.1, 0.15) is 39.3 Å². The predicted molar refractivity (Wildman–Crippen MR) is 144 cm³/mol. The molecule has 3 aromatic carbocycles. The van der Waals surface area contributed by atoms with Gasteiger partial charge in [-0.15, -0.1) is 0 Å². The standard InChI is InChI=1S/C28H27N5O4S/c1-19-6-2-3-7-21(19)27(34)31-24-10-11-26(23-9-5-4-8-22(23)24)38(36,37)32-20-12-16-33(17-13-20)28(35)25-18-29-14-15-30-25/h2-11,14-15,18,20,32H,12-13,16-17H2,1H3,(H,31,34). The number of piperidine rings is 1. The summed E-state index contributed by atoms with van der Waals surface area (Å²) in [6.07, 6.45) is 5.36. The number of hydrogen-bond donors (Lipinski definition) is 2. The summed E-state index contributed by atoms with van der Waals surface area (Å²) in [5.41, 5.74) is 2.21. The van der Waals surface area contributed by atoms with Crippen molar-refractivity contribution in [3.05, 3.63) is 96.1 Å². The number of carbonyl (C=O) groups is 2. The van der Waals surface area contributed by atoms with E-state index in [1.165, 1.54) is 24.7 Å². The maximum Gasteiger partial charge on any atom is 0.274 e. The molecule has 0 atom stereocenters. The number of sulfonamides is 1. The number of likely N-dealkylation sites (tertiary alicyclic amines) is 1. The Hall–Kier alpha value is -4.15. The van der Waals surface area contributed by atoms with Crippen molar-refractivity contribution in [1.29, 1.82) is 0 Å². The number of amides is 2. The first-order valence-electron chi connectivity index (χ1n) is 12.3. The molecule has 2 N–H and O–H groups in total. The molecule has 1 aromatic heterocycles. The molecule has 38 heavy (non-hydrogen) atoms. The molecule has 4 aromatic rings. The van der Waals surface area contributed by atoms with Crippen LogP contribution in [0.2, 0.25) is 0 Å². The van der Waals surface area contributed by atoms with E-state index in [4.69, 9.17) is 0 Å². The summed E-state index contributed by atoms with van der Waals surface area (Å²) in [7, 11) is -3.87. The van der Waals surface area contributed by atoms with E-state index in [0.29, 0.717) is 48.0 Å². The number of hydrogen-bond acceptors (Lipinski definition) is 6. The minimum Gasteiger partial charge on any atom is -0.337 e. The molecule has 0 saturated carbocycles. The second kappa shape index (κ2) is 10.7. The fourth-order valence-corrected chi connectivity index (χ4v) is 6.20. The first kappa shape index (κ1) is 25.5. The van der Waals surface area contributed by atoms with Gasteiger partial charge in [0.05, 0.1) is 11.1 Å². The van der Waals surface area contributed by atoms with Gasteiger partial charge in [-0.25, -0.2) is 18.1 Å². The molecular weight excluding hydrogens is 502 g/mol. The molecule has 5 rings (SSSR count). The molecule has 10 heteroatoms. The molecule has 0 aliphatic carbocycles. The van der Waals surface area contributed by atoms with Crippen LogP contribution in [0.5, 0.6) is 0 Å².